The van der Waals surface area contributed by atoms with Crippen LogP contribution in [0.4, 0.5) is 11.4 Å². The van der Waals surface area contributed by atoms with Gasteiger partial charge >= 0.3 is 37.7 Å². The van der Waals surface area contributed by atoms with Gasteiger partial charge in [-0.3, -0.25) is 4.55 Å². The number of fused-ring (bicyclic) bond motifs is 1. The Labute approximate surface area is 200 Å². The first-order valence-corrected chi connectivity index (χ1v) is 9.55. The fourth-order valence-electron chi connectivity index (χ4n) is 2.60. The third-order valence-electron chi connectivity index (χ3n) is 3.98. The summed E-state index contributed by atoms with van der Waals surface area (Å²) in [5.41, 5.74) is -0.450. The van der Waals surface area contributed by atoms with Gasteiger partial charge in [0.1, 0.15) is 10.6 Å². The molecule has 0 spiro atoms. The molecule has 0 heterocycles. The SMILES string of the molecule is Cc1cc(S(=O)(=O)O)c(N=Nc2cc(C(=O)[O-])c([O-])c3ccccc23)cc1Cl.[Ca+2]. The summed E-state index contributed by atoms with van der Waals surface area (Å²) in [4.78, 5) is 10.7. The Hall–Kier alpha value is -1.75. The van der Waals surface area contributed by atoms with Crippen LogP contribution in [-0.2, 0) is 10.1 Å². The van der Waals surface area contributed by atoms with Crippen molar-refractivity contribution < 1.29 is 28.0 Å². The summed E-state index contributed by atoms with van der Waals surface area (Å²) in [7, 11) is -4.61. The number of rotatable bonds is 4. The number of azo groups is 1. The van der Waals surface area contributed by atoms with Crippen molar-refractivity contribution in [3.8, 4) is 5.75 Å². The largest absolute Gasteiger partial charge is 2.00 e. The quantitative estimate of drug-likeness (QED) is 0.361. The molecule has 11 heteroatoms. The van der Waals surface area contributed by atoms with Crippen LogP contribution in [0.15, 0.2) is 57.6 Å². The Morgan fingerprint density at radius 1 is 1.07 bits per heavy atom. The van der Waals surface area contributed by atoms with E-state index >= 15 is 0 Å². The summed E-state index contributed by atoms with van der Waals surface area (Å²) in [5.74, 6) is -2.41. The molecular weight excluding hydrogens is 448 g/mol. The third-order valence-corrected chi connectivity index (χ3v) is 5.27. The Kier molecular flexibility index (Phi) is 7.26. The Morgan fingerprint density at radius 3 is 2.24 bits per heavy atom. The van der Waals surface area contributed by atoms with Gasteiger partial charge in [0.15, 0.2) is 0 Å². The van der Waals surface area contributed by atoms with Crippen LogP contribution in [0.2, 0.25) is 5.02 Å². The maximum absolute atomic E-state index is 12.2. The second-order valence-corrected chi connectivity index (χ2v) is 7.65. The van der Waals surface area contributed by atoms with Crippen molar-refractivity contribution in [2.75, 3.05) is 0 Å². The second-order valence-electron chi connectivity index (χ2n) is 5.85. The molecule has 1 N–H and O–H groups in total. The number of aryl methyl sites for hydroxylation is 1. The molecule has 8 nitrogen and oxygen atoms in total. The molecule has 0 atom stereocenters. The van der Waals surface area contributed by atoms with Crippen LogP contribution in [0.25, 0.3) is 10.8 Å². The molecule has 3 aromatic rings. The van der Waals surface area contributed by atoms with Crippen LogP contribution < -0.4 is 10.2 Å². The van der Waals surface area contributed by atoms with E-state index in [0.29, 0.717) is 10.9 Å². The number of carbonyl (C=O) groups excluding carboxylic acids is 1. The van der Waals surface area contributed by atoms with Gasteiger partial charge in [-0.1, -0.05) is 41.6 Å². The van der Waals surface area contributed by atoms with Crippen LogP contribution in [0, 0.1) is 6.92 Å². The fourth-order valence-corrected chi connectivity index (χ4v) is 3.45. The minimum Gasteiger partial charge on any atom is -0.872 e. The Balaban J connectivity index is 0.00000300. The number of hydrogen-bond acceptors (Lipinski definition) is 7. The summed E-state index contributed by atoms with van der Waals surface area (Å²) in [6.07, 6.45) is 0. The number of halogens is 1. The number of carbonyl (C=O) groups is 1. The van der Waals surface area contributed by atoms with Crippen molar-refractivity contribution in [2.45, 2.75) is 11.8 Å². The zero-order valence-electron chi connectivity index (χ0n) is 14.9. The topological polar surface area (TPSA) is 142 Å². The number of carboxylic acids is 1. The molecule has 0 fully saturated rings. The monoisotopic (exact) mass is 458 g/mol. The Morgan fingerprint density at radius 2 is 1.66 bits per heavy atom. The van der Waals surface area contributed by atoms with Crippen LogP contribution in [0.1, 0.15) is 15.9 Å². The number of carboxylic acid groups (broad SMARTS) is 1. The first kappa shape index (κ1) is 23.5. The Bertz CT molecular complexity index is 1260. The van der Waals surface area contributed by atoms with Gasteiger partial charge in [0.25, 0.3) is 10.1 Å². The summed E-state index contributed by atoms with van der Waals surface area (Å²) in [6, 6.07) is 9.47. The molecule has 0 unspecified atom stereocenters. The first-order valence-electron chi connectivity index (χ1n) is 7.73. The molecule has 3 rings (SSSR count). The van der Waals surface area contributed by atoms with E-state index in [-0.39, 0.29) is 59.5 Å². The molecule has 0 radical (unpaired) electrons. The van der Waals surface area contributed by atoms with Gasteiger partial charge in [-0.25, -0.2) is 0 Å². The van der Waals surface area contributed by atoms with E-state index in [1.54, 1.807) is 19.1 Å². The number of aromatic carboxylic acids is 1. The third kappa shape index (κ3) is 4.88. The average Bonchev–Trinajstić information content (AvgIpc) is 2.62. The van der Waals surface area contributed by atoms with Crippen molar-refractivity contribution >= 4 is 87.6 Å². The van der Waals surface area contributed by atoms with Gasteiger partial charge < -0.3 is 15.0 Å². The average molecular weight is 459 g/mol. The van der Waals surface area contributed by atoms with E-state index in [9.17, 15) is 28.0 Å². The predicted molar refractivity (Wildman–Crippen MR) is 104 cm³/mol. The number of hydrogen-bond donors (Lipinski definition) is 1. The van der Waals surface area contributed by atoms with Crippen LogP contribution >= 0.6 is 11.6 Å². The zero-order chi connectivity index (χ0) is 20.6. The van der Waals surface area contributed by atoms with Gasteiger partial charge in [0.2, 0.25) is 0 Å². The second kappa shape index (κ2) is 8.95. The van der Waals surface area contributed by atoms with Crippen molar-refractivity contribution in [2.24, 2.45) is 10.2 Å². The molecule has 0 aromatic heterocycles. The molecule has 0 aliphatic rings. The van der Waals surface area contributed by atoms with Crippen LogP contribution in [0.5, 0.6) is 5.75 Å². The molecule has 3 aromatic carbocycles. The molecule has 0 amide bonds. The normalized spacial score (nSPS) is 11.6. The van der Waals surface area contributed by atoms with E-state index in [4.69, 9.17) is 11.6 Å². The summed E-state index contributed by atoms with van der Waals surface area (Å²) < 4.78 is 32.6. The van der Waals surface area contributed by atoms with Gasteiger partial charge in [-0.05, 0) is 41.6 Å². The molecular formula is C18H11CaClN2O6S. The van der Waals surface area contributed by atoms with E-state index in [1.807, 2.05) is 0 Å². The smallest absolute Gasteiger partial charge is 0.872 e. The van der Waals surface area contributed by atoms with Crippen LogP contribution in [-0.4, -0.2) is 56.7 Å². The van der Waals surface area contributed by atoms with Gasteiger partial charge in [0, 0.05) is 10.4 Å². The molecule has 0 bridgehead atoms. The zero-order valence-corrected chi connectivity index (χ0v) is 18.7. The number of nitrogens with zero attached hydrogens (tertiary/aromatic N) is 2. The van der Waals surface area contributed by atoms with Crippen LogP contribution in [0.3, 0.4) is 0 Å². The van der Waals surface area contributed by atoms with Gasteiger partial charge in [-0.2, -0.15) is 8.42 Å². The van der Waals surface area contributed by atoms with E-state index in [2.05, 4.69) is 10.2 Å². The van der Waals surface area contributed by atoms with E-state index < -0.39 is 32.3 Å². The summed E-state index contributed by atoms with van der Waals surface area (Å²) >= 11 is 5.99. The van der Waals surface area contributed by atoms with E-state index in [0.717, 1.165) is 12.1 Å². The fraction of sp³-hybridized carbons (Fsp3) is 0.0556. The molecule has 29 heavy (non-hydrogen) atoms. The first-order chi connectivity index (χ1) is 13.1. The van der Waals surface area contributed by atoms with Gasteiger partial charge in [-0.15, -0.1) is 10.2 Å². The maximum atomic E-state index is 12.2. The van der Waals surface area contributed by atoms with Crippen molar-refractivity contribution in [1.82, 2.24) is 0 Å². The minimum atomic E-state index is -4.61. The van der Waals surface area contributed by atoms with Crippen molar-refractivity contribution in [3.05, 3.63) is 58.6 Å². The molecule has 0 aliphatic heterocycles. The molecule has 0 saturated heterocycles. The maximum Gasteiger partial charge on any atom is 2.00 e. The summed E-state index contributed by atoms with van der Waals surface area (Å²) in [5, 5.41) is 31.8. The van der Waals surface area contributed by atoms with Crippen molar-refractivity contribution in [3.63, 3.8) is 0 Å². The number of benzene rings is 3. The molecule has 144 valence electrons. The predicted octanol–water partition coefficient (Wildman–Crippen LogP) is 2.52. The summed E-state index contributed by atoms with van der Waals surface area (Å²) in [6.45, 7) is 1.55. The molecule has 0 saturated carbocycles. The minimum absolute atomic E-state index is 0. The van der Waals surface area contributed by atoms with E-state index in [1.165, 1.54) is 18.2 Å². The standard InChI is InChI=1S/C18H13ClN2O6S.Ca/c1-9-6-16(28(25,26)27)15(8-13(9)19)21-20-14-7-12(18(23)24)17(22)11-5-3-2-4-10(11)14;/h2-8,22H,1H3,(H,23,24)(H,25,26,27);/q;+2/p-2. The van der Waals surface area contributed by atoms with Gasteiger partial charge in [0.05, 0.1) is 11.7 Å². The van der Waals surface area contributed by atoms with Crippen molar-refractivity contribution in [1.29, 1.82) is 0 Å². The molecule has 0 aliphatic carbocycles.